The first-order valence-electron chi connectivity index (χ1n) is 5.83. The van der Waals surface area contributed by atoms with E-state index in [4.69, 9.17) is 53.2 Å². The molecule has 1 rings (SSSR count). The van der Waals surface area contributed by atoms with Gasteiger partial charge in [0.25, 0.3) is 11.9 Å². The number of hydrogen-bond acceptors (Lipinski definition) is 5. The summed E-state index contributed by atoms with van der Waals surface area (Å²) < 4.78 is 0. The third-order valence-electron chi connectivity index (χ3n) is 1.59. The molecule has 0 radical (unpaired) electrons. The van der Waals surface area contributed by atoms with Gasteiger partial charge in [0.1, 0.15) is 0 Å². The summed E-state index contributed by atoms with van der Waals surface area (Å²) in [6.07, 6.45) is -1.41. The molecule has 0 amide bonds. The van der Waals surface area contributed by atoms with E-state index in [1.165, 1.54) is 11.8 Å². The molecule has 0 saturated heterocycles. The predicted octanol–water partition coefficient (Wildman–Crippen LogP) is 2.53. The van der Waals surface area contributed by atoms with Crippen LogP contribution in [0.2, 0.25) is 5.02 Å². The van der Waals surface area contributed by atoms with E-state index < -0.39 is 23.5 Å². The van der Waals surface area contributed by atoms with Crippen molar-refractivity contribution in [3.8, 4) is 0 Å². The Kier molecular flexibility index (Phi) is 14.5. The molecule has 1 aromatic carbocycles. The molecule has 1 aromatic rings. The van der Waals surface area contributed by atoms with Crippen LogP contribution in [0.1, 0.15) is 13.8 Å². The zero-order chi connectivity index (χ0) is 17.7. The summed E-state index contributed by atoms with van der Waals surface area (Å²) in [6.45, 7) is 2.17. The molecule has 6 nitrogen and oxygen atoms in total. The van der Waals surface area contributed by atoms with Crippen molar-refractivity contribution in [1.82, 2.24) is 0 Å². The van der Waals surface area contributed by atoms with Crippen LogP contribution in [0.15, 0.2) is 29.2 Å². The van der Waals surface area contributed by atoms with Gasteiger partial charge in [-0.1, -0.05) is 11.6 Å². The monoisotopic (exact) mass is 372 g/mol. The predicted molar refractivity (Wildman–Crippen MR) is 86.7 cm³/mol. The summed E-state index contributed by atoms with van der Waals surface area (Å²) in [6, 6.07) is 7.13. The lowest BCUT2D eigenvalue weighted by Gasteiger charge is -2.15. The second-order valence-corrected chi connectivity index (χ2v) is 5.77. The molecule has 1 unspecified atom stereocenters. The van der Waals surface area contributed by atoms with Crippen LogP contribution in [-0.4, -0.2) is 49.8 Å². The van der Waals surface area contributed by atoms with Crippen molar-refractivity contribution in [3.63, 3.8) is 0 Å². The number of rotatable bonds is 4. The van der Waals surface area contributed by atoms with Gasteiger partial charge in [0, 0.05) is 29.6 Å². The van der Waals surface area contributed by atoms with E-state index in [-0.39, 0.29) is 5.88 Å². The number of thioether (sulfide) groups is 1. The van der Waals surface area contributed by atoms with E-state index in [1.54, 1.807) is 12.1 Å². The Morgan fingerprint density at radius 3 is 1.73 bits per heavy atom. The highest BCUT2D eigenvalue weighted by atomic mass is 35.5. The zero-order valence-corrected chi connectivity index (χ0v) is 14.3. The fraction of sp³-hybridized carbons (Fsp3) is 0.385. The van der Waals surface area contributed by atoms with Crippen molar-refractivity contribution in [1.29, 1.82) is 0 Å². The quantitative estimate of drug-likeness (QED) is 0.364. The maximum atomic E-state index is 9.00. The average Bonchev–Trinajstić information content (AvgIpc) is 2.36. The Hall–Kier alpha value is -0.990. The van der Waals surface area contributed by atoms with Crippen LogP contribution in [0.4, 0.5) is 0 Å². The molecular formula is C13H18Cl2O6S. The standard InChI is InChI=1S/C9H10Cl2O2S.2C2H4O2/c10-5-8(9(12)13)14-7-3-1-6(11)2-4-7;2*1-2(3)4/h1-4,8-9,12-13H,5H2;2*1H3,(H,3,4). The summed E-state index contributed by atoms with van der Waals surface area (Å²) in [5.41, 5.74) is 0. The molecule has 0 aliphatic heterocycles. The molecule has 0 aromatic heterocycles. The van der Waals surface area contributed by atoms with E-state index in [2.05, 4.69) is 0 Å². The normalized spacial score (nSPS) is 10.7. The van der Waals surface area contributed by atoms with Crippen LogP contribution in [-0.2, 0) is 9.59 Å². The summed E-state index contributed by atoms with van der Waals surface area (Å²) >= 11 is 12.6. The SMILES string of the molecule is CC(=O)O.CC(=O)O.OC(O)C(CCl)Sc1ccc(Cl)cc1. The molecule has 0 bridgehead atoms. The molecule has 126 valence electrons. The van der Waals surface area contributed by atoms with E-state index in [0.29, 0.717) is 5.02 Å². The molecule has 1 atom stereocenters. The van der Waals surface area contributed by atoms with Crippen molar-refractivity contribution < 1.29 is 30.0 Å². The Morgan fingerprint density at radius 1 is 1.09 bits per heavy atom. The number of carbonyl (C=O) groups is 2. The van der Waals surface area contributed by atoms with Crippen LogP contribution >= 0.6 is 35.0 Å². The summed E-state index contributed by atoms with van der Waals surface area (Å²) in [5.74, 6) is -1.48. The van der Waals surface area contributed by atoms with E-state index in [1.807, 2.05) is 12.1 Å². The lowest BCUT2D eigenvalue weighted by molar-refractivity contribution is -0.135. The number of aliphatic hydroxyl groups excluding tert-OH is 1. The third-order valence-corrected chi connectivity index (χ3v) is 3.61. The Morgan fingerprint density at radius 2 is 1.45 bits per heavy atom. The topological polar surface area (TPSA) is 115 Å². The fourth-order valence-electron chi connectivity index (χ4n) is 0.860. The van der Waals surface area contributed by atoms with Gasteiger partial charge in [-0.25, -0.2) is 0 Å². The summed E-state index contributed by atoms with van der Waals surface area (Å²) in [7, 11) is 0. The summed E-state index contributed by atoms with van der Waals surface area (Å²) in [5, 5.41) is 33.0. The first-order chi connectivity index (χ1) is 10.1. The van der Waals surface area contributed by atoms with Crippen molar-refractivity contribution in [2.24, 2.45) is 0 Å². The first kappa shape index (κ1) is 23.3. The molecular weight excluding hydrogens is 355 g/mol. The van der Waals surface area contributed by atoms with Gasteiger partial charge in [-0.15, -0.1) is 23.4 Å². The maximum Gasteiger partial charge on any atom is 0.300 e. The van der Waals surface area contributed by atoms with Gasteiger partial charge < -0.3 is 20.4 Å². The largest absolute Gasteiger partial charge is 0.481 e. The van der Waals surface area contributed by atoms with Crippen molar-refractivity contribution in [2.45, 2.75) is 30.3 Å². The van der Waals surface area contributed by atoms with E-state index >= 15 is 0 Å². The molecule has 22 heavy (non-hydrogen) atoms. The highest BCUT2D eigenvalue weighted by molar-refractivity contribution is 8.00. The second kappa shape index (κ2) is 13.7. The van der Waals surface area contributed by atoms with E-state index in [0.717, 1.165) is 18.7 Å². The minimum Gasteiger partial charge on any atom is -0.481 e. The first-order valence-corrected chi connectivity index (χ1v) is 7.62. The minimum absolute atomic E-state index is 0.185. The number of aliphatic carboxylic acids is 2. The lowest BCUT2D eigenvalue weighted by atomic mass is 10.4. The van der Waals surface area contributed by atoms with Crippen molar-refractivity contribution in [2.75, 3.05) is 5.88 Å². The number of carboxylic acid groups (broad SMARTS) is 2. The van der Waals surface area contributed by atoms with Crippen LogP contribution in [0.3, 0.4) is 0 Å². The zero-order valence-electron chi connectivity index (χ0n) is 11.9. The maximum absolute atomic E-state index is 9.00. The number of aliphatic hydroxyl groups is 2. The second-order valence-electron chi connectivity index (χ2n) is 3.72. The highest BCUT2D eigenvalue weighted by Crippen LogP contribution is 2.26. The average molecular weight is 373 g/mol. The fourth-order valence-corrected chi connectivity index (χ4v) is 2.16. The van der Waals surface area contributed by atoms with Gasteiger partial charge in [-0.05, 0) is 24.3 Å². The number of halogens is 2. The van der Waals surface area contributed by atoms with Gasteiger partial charge in [-0.3, -0.25) is 9.59 Å². The molecule has 0 spiro atoms. The van der Waals surface area contributed by atoms with Crippen LogP contribution in [0.5, 0.6) is 0 Å². The molecule has 9 heteroatoms. The summed E-state index contributed by atoms with van der Waals surface area (Å²) in [4.78, 5) is 18.9. The highest BCUT2D eigenvalue weighted by Gasteiger charge is 2.16. The Labute approximate surface area is 142 Å². The van der Waals surface area contributed by atoms with Gasteiger partial charge in [0.05, 0.1) is 5.25 Å². The van der Waals surface area contributed by atoms with Crippen LogP contribution in [0.25, 0.3) is 0 Å². The third kappa shape index (κ3) is 17.1. The van der Waals surface area contributed by atoms with Crippen LogP contribution in [0, 0.1) is 0 Å². The lowest BCUT2D eigenvalue weighted by Crippen LogP contribution is -2.23. The Bertz CT molecular complexity index is 419. The van der Waals surface area contributed by atoms with E-state index in [9.17, 15) is 0 Å². The van der Waals surface area contributed by atoms with Gasteiger partial charge in [-0.2, -0.15) is 0 Å². The molecule has 0 aliphatic rings. The molecule has 0 heterocycles. The van der Waals surface area contributed by atoms with Crippen LogP contribution < -0.4 is 0 Å². The molecule has 0 aliphatic carbocycles. The van der Waals surface area contributed by atoms with Crippen molar-refractivity contribution in [3.05, 3.63) is 29.3 Å². The smallest absolute Gasteiger partial charge is 0.300 e. The number of benzene rings is 1. The number of carboxylic acids is 2. The molecule has 0 saturated carbocycles. The minimum atomic E-state index is -1.41. The number of alkyl halides is 1. The van der Waals surface area contributed by atoms with Gasteiger partial charge in [0.2, 0.25) is 0 Å². The van der Waals surface area contributed by atoms with Crippen molar-refractivity contribution >= 4 is 46.9 Å². The molecule has 0 fully saturated rings. The van der Waals surface area contributed by atoms with Gasteiger partial charge >= 0.3 is 0 Å². The van der Waals surface area contributed by atoms with Gasteiger partial charge in [0.15, 0.2) is 6.29 Å². The number of hydrogen-bond donors (Lipinski definition) is 4. The molecule has 4 N–H and O–H groups in total. The Balaban J connectivity index is 0.